The van der Waals surface area contributed by atoms with Crippen LogP contribution in [0.25, 0.3) is 0 Å². The molecule has 25 heavy (non-hydrogen) atoms. The first-order chi connectivity index (χ1) is 12.3. The molecule has 1 heterocycles. The van der Waals surface area contributed by atoms with Gasteiger partial charge in [-0.1, -0.05) is 61.5 Å². The third-order valence-electron chi connectivity index (χ3n) is 4.59. The third-order valence-corrected chi connectivity index (χ3v) is 4.59. The number of likely N-dealkylation sites (N-methyl/N-ethyl adjacent to an activating group) is 1. The van der Waals surface area contributed by atoms with Crippen LogP contribution >= 0.6 is 0 Å². The van der Waals surface area contributed by atoms with E-state index < -0.39 is 0 Å². The average Bonchev–Trinajstić information content (AvgIpc) is 2.68. The molecule has 0 fully saturated rings. The van der Waals surface area contributed by atoms with Crippen molar-refractivity contribution in [3.05, 3.63) is 65.7 Å². The summed E-state index contributed by atoms with van der Waals surface area (Å²) in [6, 6.07) is 18.3. The normalized spacial score (nSPS) is 18.0. The summed E-state index contributed by atoms with van der Waals surface area (Å²) in [6.45, 7) is 7.88. The number of fused-ring (bicyclic) bond motifs is 1. The number of hydrogen-bond acceptors (Lipinski definition) is 4. The zero-order chi connectivity index (χ0) is 17.5. The molecule has 4 heteroatoms. The fourth-order valence-corrected chi connectivity index (χ4v) is 3.06. The number of oxime groups is 1. The van der Waals surface area contributed by atoms with Crippen LogP contribution in [0.3, 0.4) is 0 Å². The van der Waals surface area contributed by atoms with Crippen LogP contribution in [0.15, 0.2) is 59.8 Å². The quantitative estimate of drug-likeness (QED) is 0.558. The Kier molecular flexibility index (Phi) is 6.07. The van der Waals surface area contributed by atoms with Crippen LogP contribution in [-0.2, 0) is 4.84 Å². The van der Waals surface area contributed by atoms with Crippen LogP contribution in [0.2, 0.25) is 0 Å². The van der Waals surface area contributed by atoms with E-state index in [4.69, 9.17) is 9.57 Å². The number of rotatable bonds is 7. The lowest BCUT2D eigenvalue weighted by molar-refractivity contribution is 0.112. The van der Waals surface area contributed by atoms with Gasteiger partial charge in [0.05, 0.1) is 5.71 Å². The molecule has 0 amide bonds. The van der Waals surface area contributed by atoms with Crippen LogP contribution in [0.1, 0.15) is 37.5 Å². The van der Waals surface area contributed by atoms with Gasteiger partial charge in [0, 0.05) is 18.5 Å². The molecule has 1 atom stereocenters. The van der Waals surface area contributed by atoms with Gasteiger partial charge < -0.3 is 14.5 Å². The van der Waals surface area contributed by atoms with Gasteiger partial charge in [0.2, 0.25) is 0 Å². The summed E-state index contributed by atoms with van der Waals surface area (Å²) >= 11 is 0. The Morgan fingerprint density at radius 1 is 1.04 bits per heavy atom. The van der Waals surface area contributed by atoms with Crippen molar-refractivity contribution in [3.8, 4) is 5.75 Å². The lowest BCUT2D eigenvalue weighted by Gasteiger charge is -2.27. The molecule has 2 aromatic rings. The highest BCUT2D eigenvalue weighted by Gasteiger charge is 2.26. The Balaban J connectivity index is 1.74. The van der Waals surface area contributed by atoms with E-state index >= 15 is 0 Å². The Morgan fingerprint density at radius 3 is 2.52 bits per heavy atom. The van der Waals surface area contributed by atoms with Crippen molar-refractivity contribution >= 4 is 5.71 Å². The van der Waals surface area contributed by atoms with Gasteiger partial charge in [-0.05, 0) is 30.8 Å². The summed E-state index contributed by atoms with van der Waals surface area (Å²) in [5, 5.41) is 4.45. The van der Waals surface area contributed by atoms with E-state index in [0.29, 0.717) is 13.0 Å². The second-order valence-electron chi connectivity index (χ2n) is 6.12. The molecule has 0 N–H and O–H groups in total. The zero-order valence-electron chi connectivity index (χ0n) is 15.0. The predicted molar refractivity (Wildman–Crippen MR) is 101 cm³/mol. The minimum Gasteiger partial charge on any atom is -0.485 e. The second kappa shape index (κ2) is 8.67. The molecular formula is C21H26N2O2. The Morgan fingerprint density at radius 2 is 1.76 bits per heavy atom. The van der Waals surface area contributed by atoms with Gasteiger partial charge >= 0.3 is 0 Å². The number of para-hydroxylation sites is 1. The molecule has 4 nitrogen and oxygen atoms in total. The van der Waals surface area contributed by atoms with E-state index in [2.05, 4.69) is 36.0 Å². The Bertz CT molecular complexity index is 696. The first-order valence-electron chi connectivity index (χ1n) is 9.04. The van der Waals surface area contributed by atoms with Crippen LogP contribution in [0.4, 0.5) is 0 Å². The topological polar surface area (TPSA) is 34.1 Å². The minimum absolute atomic E-state index is 0.0266. The van der Waals surface area contributed by atoms with Crippen molar-refractivity contribution in [2.45, 2.75) is 26.4 Å². The van der Waals surface area contributed by atoms with E-state index in [1.807, 2.05) is 42.5 Å². The van der Waals surface area contributed by atoms with Crippen molar-refractivity contribution in [3.63, 3.8) is 0 Å². The summed E-state index contributed by atoms with van der Waals surface area (Å²) < 4.78 is 6.18. The molecule has 1 unspecified atom stereocenters. The highest BCUT2D eigenvalue weighted by molar-refractivity contribution is 6.03. The number of hydrogen-bond donors (Lipinski definition) is 0. The van der Waals surface area contributed by atoms with Crippen LogP contribution in [0, 0.1) is 0 Å². The fourth-order valence-electron chi connectivity index (χ4n) is 3.06. The molecule has 0 saturated carbocycles. The van der Waals surface area contributed by atoms with E-state index in [1.54, 1.807) is 0 Å². The van der Waals surface area contributed by atoms with Crippen molar-refractivity contribution < 1.29 is 9.57 Å². The number of benzene rings is 2. The fraction of sp³-hybridized carbons (Fsp3) is 0.381. The number of ether oxygens (including phenoxy) is 1. The maximum Gasteiger partial charge on any atom is 0.129 e. The Hall–Kier alpha value is -2.33. The molecule has 132 valence electrons. The SMILES string of the molecule is CCN(CC)CCO/N=C1\CC(c2ccccc2)Oc2ccccc21. The van der Waals surface area contributed by atoms with Gasteiger partial charge in [0.15, 0.2) is 0 Å². The predicted octanol–water partition coefficient (Wildman–Crippen LogP) is 4.27. The van der Waals surface area contributed by atoms with Gasteiger partial charge in [-0.15, -0.1) is 0 Å². The van der Waals surface area contributed by atoms with Gasteiger partial charge in [0.25, 0.3) is 0 Å². The Labute approximate surface area is 150 Å². The summed E-state index contributed by atoms with van der Waals surface area (Å²) in [5.41, 5.74) is 3.14. The largest absolute Gasteiger partial charge is 0.485 e. The summed E-state index contributed by atoms with van der Waals surface area (Å²) in [6.07, 6.45) is 0.688. The molecule has 3 rings (SSSR count). The molecule has 0 aromatic heterocycles. The smallest absolute Gasteiger partial charge is 0.129 e. The standard InChI is InChI=1S/C21H26N2O2/c1-3-23(4-2)14-15-24-22-19-16-21(17-10-6-5-7-11-17)25-20-13-9-8-12-18(19)20/h5-13,21H,3-4,14-16H2,1-2H3/b22-19+. The molecule has 0 spiro atoms. The van der Waals surface area contributed by atoms with Gasteiger partial charge in [-0.25, -0.2) is 0 Å². The molecule has 0 bridgehead atoms. The molecule has 0 radical (unpaired) electrons. The van der Waals surface area contributed by atoms with Gasteiger partial charge in [0.1, 0.15) is 18.5 Å². The first-order valence-corrected chi connectivity index (χ1v) is 9.04. The minimum atomic E-state index is -0.0266. The third kappa shape index (κ3) is 4.40. The van der Waals surface area contributed by atoms with Crippen molar-refractivity contribution in [2.24, 2.45) is 5.16 Å². The average molecular weight is 338 g/mol. The van der Waals surface area contributed by atoms with E-state index in [0.717, 1.165) is 42.2 Å². The maximum atomic E-state index is 6.18. The summed E-state index contributed by atoms with van der Waals surface area (Å²) in [4.78, 5) is 7.96. The molecule has 0 aliphatic carbocycles. The number of nitrogens with zero attached hydrogens (tertiary/aromatic N) is 2. The van der Waals surface area contributed by atoms with Crippen molar-refractivity contribution in [2.75, 3.05) is 26.2 Å². The monoisotopic (exact) mass is 338 g/mol. The van der Waals surface area contributed by atoms with E-state index in [1.165, 1.54) is 0 Å². The summed E-state index contributed by atoms with van der Waals surface area (Å²) in [7, 11) is 0. The van der Waals surface area contributed by atoms with E-state index in [-0.39, 0.29) is 6.10 Å². The zero-order valence-corrected chi connectivity index (χ0v) is 15.0. The van der Waals surface area contributed by atoms with Crippen LogP contribution in [0.5, 0.6) is 5.75 Å². The van der Waals surface area contributed by atoms with E-state index in [9.17, 15) is 0 Å². The highest BCUT2D eigenvalue weighted by atomic mass is 16.6. The van der Waals surface area contributed by atoms with Gasteiger partial charge in [-0.3, -0.25) is 0 Å². The lowest BCUT2D eigenvalue weighted by atomic mass is 9.96. The lowest BCUT2D eigenvalue weighted by Crippen LogP contribution is -2.27. The molecule has 0 saturated heterocycles. The molecular weight excluding hydrogens is 312 g/mol. The molecule has 1 aliphatic rings. The van der Waals surface area contributed by atoms with Crippen molar-refractivity contribution in [1.29, 1.82) is 0 Å². The van der Waals surface area contributed by atoms with Crippen molar-refractivity contribution in [1.82, 2.24) is 4.90 Å². The second-order valence-corrected chi connectivity index (χ2v) is 6.12. The highest BCUT2D eigenvalue weighted by Crippen LogP contribution is 2.35. The molecule has 1 aliphatic heterocycles. The van der Waals surface area contributed by atoms with Crippen LogP contribution in [-0.4, -0.2) is 36.9 Å². The first kappa shape index (κ1) is 17.5. The maximum absolute atomic E-state index is 6.18. The summed E-state index contributed by atoms with van der Waals surface area (Å²) in [5.74, 6) is 0.869. The molecule has 2 aromatic carbocycles. The van der Waals surface area contributed by atoms with Gasteiger partial charge in [-0.2, -0.15) is 0 Å². The van der Waals surface area contributed by atoms with Crippen LogP contribution < -0.4 is 4.74 Å².